The van der Waals surface area contributed by atoms with E-state index in [0.29, 0.717) is 12.2 Å². The van der Waals surface area contributed by atoms with Gasteiger partial charge in [0.25, 0.3) is 0 Å². The summed E-state index contributed by atoms with van der Waals surface area (Å²) in [5.41, 5.74) is 2.40. The lowest BCUT2D eigenvalue weighted by atomic mass is 10.2. The smallest absolute Gasteiger partial charge is 0.387 e. The second kappa shape index (κ2) is 7.08. The maximum Gasteiger partial charge on any atom is 0.387 e. The van der Waals surface area contributed by atoms with Crippen molar-refractivity contribution in [3.63, 3.8) is 0 Å². The van der Waals surface area contributed by atoms with Crippen molar-refractivity contribution in [2.75, 3.05) is 6.61 Å². The summed E-state index contributed by atoms with van der Waals surface area (Å²) in [5, 5.41) is 4.34. The normalized spacial score (nSPS) is 11.5. The molecule has 0 atom stereocenters. The Kier molecular flexibility index (Phi) is 4.69. The van der Waals surface area contributed by atoms with Gasteiger partial charge in [0.05, 0.1) is 23.9 Å². The van der Waals surface area contributed by atoms with E-state index >= 15 is 0 Å². The van der Waals surface area contributed by atoms with Crippen molar-refractivity contribution in [3.05, 3.63) is 54.4 Å². The molecule has 0 aliphatic rings. The van der Waals surface area contributed by atoms with Gasteiger partial charge in [-0.3, -0.25) is 0 Å². The van der Waals surface area contributed by atoms with E-state index in [4.69, 9.17) is 4.74 Å². The molecule has 0 fully saturated rings. The van der Waals surface area contributed by atoms with E-state index < -0.39 is 6.61 Å². The second-order valence-electron chi connectivity index (χ2n) is 4.84. The Morgan fingerprint density at radius 1 is 1.21 bits per heavy atom. The maximum atomic E-state index is 12.4. The lowest BCUT2D eigenvalue weighted by Gasteiger charge is -2.11. The second-order valence-corrected chi connectivity index (χ2v) is 4.84. The zero-order chi connectivity index (χ0) is 16.9. The molecule has 7 heteroatoms. The van der Waals surface area contributed by atoms with Crippen molar-refractivity contribution in [1.29, 1.82) is 0 Å². The van der Waals surface area contributed by atoms with Crippen LogP contribution < -0.4 is 9.47 Å². The fourth-order valence-electron chi connectivity index (χ4n) is 2.23. The number of alkyl halides is 2. The van der Waals surface area contributed by atoms with E-state index in [1.165, 1.54) is 6.07 Å². The van der Waals surface area contributed by atoms with Gasteiger partial charge in [-0.15, -0.1) is 0 Å². The van der Waals surface area contributed by atoms with E-state index in [-0.39, 0.29) is 11.5 Å². The molecule has 0 unspecified atom stereocenters. The Bertz CT molecular complexity index is 862. The lowest BCUT2D eigenvalue weighted by molar-refractivity contribution is -0.0514. The summed E-state index contributed by atoms with van der Waals surface area (Å²) < 4.78 is 36.2. The zero-order valence-electron chi connectivity index (χ0n) is 12.9. The number of aromatic nitrogens is 2. The van der Waals surface area contributed by atoms with Gasteiger partial charge in [0.2, 0.25) is 0 Å². The Labute approximate surface area is 137 Å². The number of nitrogens with zero attached hydrogens (tertiary/aromatic N) is 3. The minimum absolute atomic E-state index is 0.00270. The number of ether oxygens (including phenoxy) is 2. The topological polar surface area (TPSA) is 48.6 Å². The summed E-state index contributed by atoms with van der Waals surface area (Å²) in [7, 11) is 0. The predicted molar refractivity (Wildman–Crippen MR) is 87.0 cm³/mol. The number of fused-ring (bicyclic) bond motifs is 1. The molecule has 0 N–H and O–H groups in total. The fourth-order valence-corrected chi connectivity index (χ4v) is 2.23. The zero-order valence-corrected chi connectivity index (χ0v) is 12.9. The Morgan fingerprint density at radius 2 is 2.04 bits per heavy atom. The minimum Gasteiger partial charge on any atom is -0.490 e. The molecule has 3 rings (SSSR count). The van der Waals surface area contributed by atoms with Crippen LogP contribution in [-0.2, 0) is 0 Å². The monoisotopic (exact) mass is 331 g/mol. The first-order valence-corrected chi connectivity index (χ1v) is 7.35. The van der Waals surface area contributed by atoms with Crippen molar-refractivity contribution < 1.29 is 18.3 Å². The highest BCUT2D eigenvalue weighted by Crippen LogP contribution is 2.29. The van der Waals surface area contributed by atoms with E-state index in [2.05, 4.69) is 14.8 Å². The molecular weight excluding hydrogens is 316 g/mol. The molecule has 0 radical (unpaired) electrons. The fraction of sp³-hybridized carbons (Fsp3) is 0.176. The molecule has 0 spiro atoms. The van der Waals surface area contributed by atoms with Crippen LogP contribution in [0, 0.1) is 0 Å². The highest BCUT2D eigenvalue weighted by atomic mass is 19.3. The number of para-hydroxylation sites is 2. The summed E-state index contributed by atoms with van der Waals surface area (Å²) in [6.07, 6.45) is 3.21. The van der Waals surface area contributed by atoms with Gasteiger partial charge >= 0.3 is 6.61 Å². The minimum atomic E-state index is -2.90. The lowest BCUT2D eigenvalue weighted by Crippen LogP contribution is -2.05. The Balaban J connectivity index is 1.87. The number of benzene rings is 2. The van der Waals surface area contributed by atoms with Crippen LogP contribution in [0.5, 0.6) is 11.5 Å². The molecule has 1 heterocycles. The first-order valence-electron chi connectivity index (χ1n) is 7.35. The van der Waals surface area contributed by atoms with Gasteiger partial charge in [-0.1, -0.05) is 12.1 Å². The molecular formula is C17H15F2N3O2. The Hall–Kier alpha value is -2.96. The van der Waals surface area contributed by atoms with E-state index in [1.807, 2.05) is 24.3 Å². The number of hydrogen-bond acceptors (Lipinski definition) is 4. The third kappa shape index (κ3) is 3.51. The number of halogens is 2. The molecule has 24 heavy (non-hydrogen) atoms. The quantitative estimate of drug-likeness (QED) is 0.643. The van der Waals surface area contributed by atoms with Crippen LogP contribution in [0.25, 0.3) is 11.0 Å². The summed E-state index contributed by atoms with van der Waals surface area (Å²) in [6, 6.07) is 12.3. The van der Waals surface area contributed by atoms with Crippen LogP contribution in [-0.4, -0.2) is 29.1 Å². The summed E-state index contributed by atoms with van der Waals surface area (Å²) in [6.45, 7) is -0.794. The van der Waals surface area contributed by atoms with Gasteiger partial charge in [-0.05, 0) is 42.8 Å². The van der Waals surface area contributed by atoms with Gasteiger partial charge in [0.15, 0.2) is 11.5 Å². The standard InChI is InChI=1S/C17H15F2N3O2/c1-2-23-16-9-12(7-8-15(16)24-17(18)19)10-21-22-11-20-13-5-3-4-6-14(13)22/h3-11,17H,2H2,1H3/b21-10-. The predicted octanol–water partition coefficient (Wildman–Crippen LogP) is 3.92. The molecule has 0 saturated heterocycles. The molecule has 3 aromatic rings. The maximum absolute atomic E-state index is 12.4. The third-order valence-corrected chi connectivity index (χ3v) is 3.25. The molecule has 0 aliphatic heterocycles. The SMILES string of the molecule is CCOc1cc(/C=N\n2cnc3ccccc32)ccc1OC(F)F. The highest BCUT2D eigenvalue weighted by molar-refractivity contribution is 5.82. The van der Waals surface area contributed by atoms with Crippen LogP contribution in [0.15, 0.2) is 53.9 Å². The average molecular weight is 331 g/mol. The van der Waals surface area contributed by atoms with Crippen molar-refractivity contribution in [2.24, 2.45) is 5.10 Å². The molecule has 5 nitrogen and oxygen atoms in total. The van der Waals surface area contributed by atoms with Gasteiger partial charge in [0, 0.05) is 0 Å². The number of hydrogen-bond donors (Lipinski definition) is 0. The van der Waals surface area contributed by atoms with Crippen LogP contribution >= 0.6 is 0 Å². The van der Waals surface area contributed by atoms with Crippen LogP contribution in [0.1, 0.15) is 12.5 Å². The van der Waals surface area contributed by atoms with Crippen LogP contribution in [0.2, 0.25) is 0 Å². The first kappa shape index (κ1) is 15.9. The summed E-state index contributed by atoms with van der Waals surface area (Å²) >= 11 is 0. The summed E-state index contributed by atoms with van der Waals surface area (Å²) in [5.74, 6) is 0.245. The molecule has 0 bridgehead atoms. The number of imidazole rings is 1. The van der Waals surface area contributed by atoms with Crippen molar-refractivity contribution in [1.82, 2.24) is 9.66 Å². The van der Waals surface area contributed by atoms with E-state index in [0.717, 1.165) is 11.0 Å². The number of rotatable bonds is 6. The summed E-state index contributed by atoms with van der Waals surface area (Å²) in [4.78, 5) is 4.25. The van der Waals surface area contributed by atoms with E-state index in [1.54, 1.807) is 36.3 Å². The molecule has 124 valence electrons. The van der Waals surface area contributed by atoms with E-state index in [9.17, 15) is 8.78 Å². The molecule has 1 aromatic heterocycles. The van der Waals surface area contributed by atoms with Gasteiger partial charge in [-0.25, -0.2) is 9.66 Å². The van der Waals surface area contributed by atoms with Gasteiger partial charge in [0.1, 0.15) is 6.33 Å². The van der Waals surface area contributed by atoms with Crippen molar-refractivity contribution in [3.8, 4) is 11.5 Å². The molecule has 0 saturated carbocycles. The molecule has 2 aromatic carbocycles. The Morgan fingerprint density at radius 3 is 2.83 bits per heavy atom. The van der Waals surface area contributed by atoms with Crippen molar-refractivity contribution in [2.45, 2.75) is 13.5 Å². The van der Waals surface area contributed by atoms with Crippen LogP contribution in [0.4, 0.5) is 8.78 Å². The molecule has 0 amide bonds. The highest BCUT2D eigenvalue weighted by Gasteiger charge is 2.11. The van der Waals surface area contributed by atoms with Gasteiger partial charge < -0.3 is 9.47 Å². The first-order chi connectivity index (χ1) is 11.7. The van der Waals surface area contributed by atoms with Crippen molar-refractivity contribution >= 4 is 17.2 Å². The molecule has 0 aliphatic carbocycles. The third-order valence-electron chi connectivity index (χ3n) is 3.25. The average Bonchev–Trinajstić information content (AvgIpc) is 2.98. The largest absolute Gasteiger partial charge is 0.490 e. The van der Waals surface area contributed by atoms with Gasteiger partial charge in [-0.2, -0.15) is 13.9 Å². The van der Waals surface area contributed by atoms with Crippen LogP contribution in [0.3, 0.4) is 0 Å².